The van der Waals surface area contributed by atoms with E-state index in [1.54, 1.807) is 18.2 Å². The molecule has 0 amide bonds. The first-order valence-electron chi connectivity index (χ1n) is 5.76. The van der Waals surface area contributed by atoms with Gasteiger partial charge in [0, 0.05) is 35.5 Å². The number of hydrogen-bond acceptors (Lipinski definition) is 6. The van der Waals surface area contributed by atoms with E-state index in [1.165, 1.54) is 12.4 Å². The molecule has 0 atom stereocenters. The highest BCUT2D eigenvalue weighted by Crippen LogP contribution is 1.71. The van der Waals surface area contributed by atoms with Crippen molar-refractivity contribution in [2.24, 2.45) is 0 Å². The zero-order valence-electron chi connectivity index (χ0n) is 11.9. The zero-order chi connectivity index (χ0) is 19.0. The van der Waals surface area contributed by atoms with Gasteiger partial charge in [-0.3, -0.25) is 0 Å². The Labute approximate surface area is 134 Å². The average molecular weight is 341 g/mol. The van der Waals surface area contributed by atoms with Crippen LogP contribution in [-0.4, -0.2) is 49.4 Å². The van der Waals surface area contributed by atoms with Crippen LogP contribution in [0.1, 0.15) is 0 Å². The lowest BCUT2D eigenvalue weighted by Gasteiger charge is -1.74. The number of carboxylic acid groups (broad SMARTS) is 4. The number of rotatable bonds is 4. The van der Waals surface area contributed by atoms with E-state index in [1.807, 2.05) is 0 Å². The minimum Gasteiger partial charge on any atom is -0.478 e. The molecular formula is C13H13N2O9+. The van der Waals surface area contributed by atoms with Crippen LogP contribution >= 0.6 is 0 Å². The van der Waals surface area contributed by atoms with Gasteiger partial charge < -0.3 is 20.4 Å². The van der Waals surface area contributed by atoms with E-state index < -0.39 is 23.9 Å². The molecule has 4 N–H and O–H groups in total. The molecule has 11 heteroatoms. The lowest BCUT2D eigenvalue weighted by atomic mass is 10.5. The van der Waals surface area contributed by atoms with Crippen LogP contribution in [0.4, 0.5) is 0 Å². The summed E-state index contributed by atoms with van der Waals surface area (Å²) in [5, 5.41) is 34.7. The molecule has 0 aliphatic heterocycles. The van der Waals surface area contributed by atoms with Gasteiger partial charge in [0.15, 0.2) is 4.54 Å². The number of carbonyl (C=O) groups is 4. The number of aliphatic carboxylic acids is 4. The van der Waals surface area contributed by atoms with Gasteiger partial charge in [0.2, 0.25) is 0 Å². The minimum atomic E-state index is -1.26. The van der Waals surface area contributed by atoms with Crippen LogP contribution in [0.15, 0.2) is 54.9 Å². The summed E-state index contributed by atoms with van der Waals surface area (Å²) in [6.07, 6.45) is 5.00. The molecule has 0 saturated heterocycles. The molecule has 1 heterocycles. The van der Waals surface area contributed by atoms with Crippen LogP contribution in [0.3, 0.4) is 0 Å². The van der Waals surface area contributed by atoms with Crippen molar-refractivity contribution >= 4 is 23.9 Å². The smallest absolute Gasteiger partial charge is 0.328 e. The minimum absolute atomic E-state index is 0.500. The van der Waals surface area contributed by atoms with Gasteiger partial charge in [-0.25, -0.2) is 19.2 Å². The summed E-state index contributed by atoms with van der Waals surface area (Å²) < 4.78 is 0.500. The van der Waals surface area contributed by atoms with Crippen molar-refractivity contribution in [3.63, 3.8) is 0 Å². The summed E-state index contributed by atoms with van der Waals surface area (Å²) in [4.78, 5) is 48.5. The summed E-state index contributed by atoms with van der Waals surface area (Å²) in [6, 6.07) is 5.05. The lowest BCUT2D eigenvalue weighted by molar-refractivity contribution is -0.563. The molecule has 0 radical (unpaired) electrons. The fraction of sp³-hybridized carbons (Fsp3) is 0. The average Bonchev–Trinajstić information content (AvgIpc) is 2.72. The highest BCUT2D eigenvalue weighted by molar-refractivity contribution is 5.90. The summed E-state index contributed by atoms with van der Waals surface area (Å²) in [5.74, 6) is -5.03. The monoisotopic (exact) mass is 341 g/mol. The zero-order valence-corrected chi connectivity index (χ0v) is 11.9. The third-order valence-corrected chi connectivity index (χ3v) is 1.44. The molecule has 0 spiro atoms. The van der Waals surface area contributed by atoms with Crippen LogP contribution < -0.4 is 4.54 Å². The summed E-state index contributed by atoms with van der Waals surface area (Å²) >= 11 is 0. The standard InChI is InChI=1S/C5H5N2O.2C4H4O4/c8-7-5-3-1-2-4-6-7;2*5-3(6)1-2-4(7)8/h1-5H;2*1-2H,(H,5,6)(H,7,8)/q+1;;/b;2*2-1+. The molecule has 0 saturated carbocycles. The Morgan fingerprint density at radius 1 is 0.708 bits per heavy atom. The molecule has 11 nitrogen and oxygen atoms in total. The van der Waals surface area contributed by atoms with Gasteiger partial charge >= 0.3 is 23.9 Å². The van der Waals surface area contributed by atoms with Crippen molar-refractivity contribution < 1.29 is 44.1 Å². The maximum absolute atomic E-state index is 10.3. The van der Waals surface area contributed by atoms with Crippen molar-refractivity contribution in [2.45, 2.75) is 0 Å². The van der Waals surface area contributed by atoms with Gasteiger partial charge in [-0.2, -0.15) is 0 Å². The lowest BCUT2D eigenvalue weighted by Crippen LogP contribution is -2.13. The van der Waals surface area contributed by atoms with Crippen LogP contribution in [0.25, 0.3) is 0 Å². The predicted molar refractivity (Wildman–Crippen MR) is 76.4 cm³/mol. The molecule has 128 valence electrons. The Bertz CT molecular complexity index is 595. The molecule has 1 rings (SSSR count). The van der Waals surface area contributed by atoms with Gasteiger partial charge in [0.25, 0.3) is 6.20 Å². The third-order valence-electron chi connectivity index (χ3n) is 1.44. The third kappa shape index (κ3) is 23.2. The fourth-order valence-electron chi connectivity index (χ4n) is 0.665. The molecule has 1 aromatic heterocycles. The molecule has 0 unspecified atom stereocenters. The largest absolute Gasteiger partial charge is 0.478 e. The van der Waals surface area contributed by atoms with Crippen LogP contribution in [0.5, 0.6) is 0 Å². The Hall–Kier alpha value is -3.89. The molecule has 0 aliphatic carbocycles. The van der Waals surface area contributed by atoms with E-state index in [0.717, 1.165) is 0 Å². The molecule has 1 aromatic rings. The van der Waals surface area contributed by atoms with Crippen LogP contribution in [-0.2, 0) is 19.2 Å². The second-order valence-corrected chi connectivity index (χ2v) is 3.31. The van der Waals surface area contributed by atoms with E-state index in [2.05, 4.69) is 5.10 Å². The van der Waals surface area contributed by atoms with Crippen molar-refractivity contribution in [1.82, 2.24) is 5.10 Å². The highest BCUT2D eigenvalue weighted by atomic mass is 16.4. The van der Waals surface area contributed by atoms with Gasteiger partial charge in [-0.15, -0.1) is 0 Å². The summed E-state index contributed by atoms with van der Waals surface area (Å²) in [5.41, 5.74) is 0. The first-order valence-corrected chi connectivity index (χ1v) is 5.76. The molecule has 0 aliphatic rings. The number of aromatic nitrogens is 2. The topological polar surface area (TPSA) is 185 Å². The van der Waals surface area contributed by atoms with Crippen molar-refractivity contribution in [3.05, 3.63) is 59.8 Å². The number of nitrogens with zero attached hydrogens (tertiary/aromatic N) is 2. The Morgan fingerprint density at radius 3 is 1.42 bits per heavy atom. The number of carboxylic acids is 4. The van der Waals surface area contributed by atoms with Gasteiger partial charge in [-0.05, 0) is 6.07 Å². The maximum atomic E-state index is 10.3. The first kappa shape index (κ1) is 22.4. The van der Waals surface area contributed by atoms with Crippen molar-refractivity contribution in [3.8, 4) is 0 Å². The van der Waals surface area contributed by atoms with E-state index in [9.17, 15) is 24.1 Å². The Morgan fingerprint density at radius 2 is 1.08 bits per heavy atom. The normalized spacial score (nSPS) is 9.17. The number of hydrogen-bond donors (Lipinski definition) is 4. The summed E-state index contributed by atoms with van der Waals surface area (Å²) in [7, 11) is 0. The van der Waals surface area contributed by atoms with Gasteiger partial charge in [0.05, 0.1) is 11.1 Å². The Balaban J connectivity index is 0. The quantitative estimate of drug-likeness (QED) is 0.408. The van der Waals surface area contributed by atoms with E-state index in [4.69, 9.17) is 20.4 Å². The first-order chi connectivity index (χ1) is 11.1. The fourth-order valence-corrected chi connectivity index (χ4v) is 0.665. The SMILES string of the molecule is O=C(O)/C=C/C(=O)O.O=C(O)/C=C/C(=O)O.O=[n+]1cccccn1. The highest BCUT2D eigenvalue weighted by Gasteiger charge is 1.88. The van der Waals surface area contributed by atoms with Crippen LogP contribution in [0.2, 0.25) is 0 Å². The van der Waals surface area contributed by atoms with Crippen molar-refractivity contribution in [1.29, 1.82) is 0 Å². The predicted octanol–water partition coefficient (Wildman–Crippen LogP) is -0.580. The van der Waals surface area contributed by atoms with E-state index >= 15 is 0 Å². The molecular weight excluding hydrogens is 328 g/mol. The van der Waals surface area contributed by atoms with Gasteiger partial charge in [0.1, 0.15) is 0 Å². The second-order valence-electron chi connectivity index (χ2n) is 3.31. The Kier molecular flexibility index (Phi) is 13.1. The molecule has 24 heavy (non-hydrogen) atoms. The molecule has 0 aromatic carbocycles. The van der Waals surface area contributed by atoms with Crippen LogP contribution in [0, 0.1) is 4.91 Å². The van der Waals surface area contributed by atoms with Crippen molar-refractivity contribution in [2.75, 3.05) is 0 Å². The molecule has 0 bridgehead atoms. The van der Waals surface area contributed by atoms with E-state index in [-0.39, 0.29) is 0 Å². The second kappa shape index (κ2) is 14.1. The molecule has 0 fully saturated rings. The maximum Gasteiger partial charge on any atom is 0.328 e. The van der Waals surface area contributed by atoms with E-state index in [0.29, 0.717) is 28.8 Å². The summed E-state index contributed by atoms with van der Waals surface area (Å²) in [6.45, 7) is 0. The van der Waals surface area contributed by atoms with Gasteiger partial charge in [-0.1, -0.05) is 6.07 Å².